The van der Waals surface area contributed by atoms with Crippen LogP contribution in [0.25, 0.3) is 0 Å². The van der Waals surface area contributed by atoms with Gasteiger partial charge in [-0.15, -0.1) is 11.3 Å². The van der Waals surface area contributed by atoms with Gasteiger partial charge in [-0.25, -0.2) is 13.4 Å². The first kappa shape index (κ1) is 17.4. The zero-order valence-corrected chi connectivity index (χ0v) is 14.8. The number of non-ortho nitro benzene ring substituents is 1. The Labute approximate surface area is 138 Å². The van der Waals surface area contributed by atoms with E-state index in [1.807, 2.05) is 27.7 Å². The molecule has 0 saturated heterocycles. The monoisotopic (exact) mass is 355 g/mol. The molecule has 0 atom stereocenters. The molecule has 0 aliphatic carbocycles. The first-order valence-electron chi connectivity index (χ1n) is 6.76. The van der Waals surface area contributed by atoms with E-state index in [2.05, 4.69) is 9.71 Å². The smallest absolute Gasteiger partial charge is 0.258 e. The molecule has 1 heterocycles. The largest absolute Gasteiger partial charge is 0.269 e. The summed E-state index contributed by atoms with van der Waals surface area (Å²) in [6.07, 6.45) is 0. The molecule has 7 nitrogen and oxygen atoms in total. The summed E-state index contributed by atoms with van der Waals surface area (Å²) in [5, 5.41) is 10.9. The van der Waals surface area contributed by atoms with Crippen molar-refractivity contribution in [2.24, 2.45) is 0 Å². The quantitative estimate of drug-likeness (QED) is 0.668. The SMILES string of the molecule is Cc1nc(NS(=O)(=O)c2ccc([N+](=O)[O-])cc2)sc1C(C)(C)C. The van der Waals surface area contributed by atoms with Gasteiger partial charge in [0.15, 0.2) is 5.13 Å². The van der Waals surface area contributed by atoms with E-state index < -0.39 is 14.9 Å². The number of nitrogens with one attached hydrogen (secondary N) is 1. The van der Waals surface area contributed by atoms with Gasteiger partial charge in [0.1, 0.15) is 0 Å². The maximum absolute atomic E-state index is 12.3. The number of aromatic nitrogens is 1. The molecule has 0 saturated carbocycles. The van der Waals surface area contributed by atoms with Crippen molar-refractivity contribution in [2.75, 3.05) is 4.72 Å². The van der Waals surface area contributed by atoms with Crippen molar-refractivity contribution in [2.45, 2.75) is 38.0 Å². The van der Waals surface area contributed by atoms with Gasteiger partial charge in [0, 0.05) is 17.0 Å². The van der Waals surface area contributed by atoms with E-state index in [0.29, 0.717) is 0 Å². The summed E-state index contributed by atoms with van der Waals surface area (Å²) in [4.78, 5) is 15.2. The number of benzene rings is 1. The fraction of sp³-hybridized carbons (Fsp3) is 0.357. The van der Waals surface area contributed by atoms with Crippen LogP contribution in [-0.2, 0) is 15.4 Å². The summed E-state index contributed by atoms with van der Waals surface area (Å²) in [7, 11) is -3.83. The molecule has 0 spiro atoms. The van der Waals surface area contributed by atoms with Crippen molar-refractivity contribution in [1.29, 1.82) is 0 Å². The first-order valence-corrected chi connectivity index (χ1v) is 9.06. The lowest BCUT2D eigenvalue weighted by Gasteiger charge is -2.16. The van der Waals surface area contributed by atoms with Crippen molar-refractivity contribution in [3.63, 3.8) is 0 Å². The summed E-state index contributed by atoms with van der Waals surface area (Å²) in [6.45, 7) is 7.92. The Bertz CT molecular complexity index is 834. The second kappa shape index (κ2) is 5.89. The molecule has 0 aliphatic heterocycles. The van der Waals surface area contributed by atoms with E-state index in [9.17, 15) is 18.5 Å². The van der Waals surface area contributed by atoms with Crippen LogP contribution in [0.4, 0.5) is 10.8 Å². The summed E-state index contributed by atoms with van der Waals surface area (Å²) in [6, 6.07) is 4.71. The van der Waals surface area contributed by atoms with Crippen LogP contribution in [0, 0.1) is 17.0 Å². The number of nitro benzene ring substituents is 1. The maximum Gasteiger partial charge on any atom is 0.269 e. The number of hydrogen-bond donors (Lipinski definition) is 1. The highest BCUT2D eigenvalue weighted by Gasteiger charge is 2.23. The third-order valence-corrected chi connectivity index (χ3v) is 6.04. The number of sulfonamides is 1. The second-order valence-electron chi connectivity index (χ2n) is 6.04. The van der Waals surface area contributed by atoms with Crippen LogP contribution >= 0.6 is 11.3 Å². The summed E-state index contributed by atoms with van der Waals surface area (Å²) < 4.78 is 27.1. The van der Waals surface area contributed by atoms with Crippen molar-refractivity contribution in [3.05, 3.63) is 45.0 Å². The average molecular weight is 355 g/mol. The van der Waals surface area contributed by atoms with Crippen molar-refractivity contribution in [3.8, 4) is 0 Å². The molecule has 0 amide bonds. The highest BCUT2D eigenvalue weighted by Crippen LogP contribution is 2.34. The van der Waals surface area contributed by atoms with Crippen LogP contribution < -0.4 is 4.72 Å². The van der Waals surface area contributed by atoms with Crippen molar-refractivity contribution >= 4 is 32.2 Å². The van der Waals surface area contributed by atoms with Gasteiger partial charge in [-0.3, -0.25) is 14.8 Å². The van der Waals surface area contributed by atoms with Gasteiger partial charge in [-0.05, 0) is 24.5 Å². The molecular weight excluding hydrogens is 338 g/mol. The van der Waals surface area contributed by atoms with E-state index in [-0.39, 0.29) is 21.1 Å². The Morgan fingerprint density at radius 1 is 1.22 bits per heavy atom. The molecule has 124 valence electrons. The van der Waals surface area contributed by atoms with Gasteiger partial charge in [-0.2, -0.15) is 0 Å². The van der Waals surface area contributed by atoms with Gasteiger partial charge in [0.05, 0.1) is 15.5 Å². The van der Waals surface area contributed by atoms with Crippen molar-refractivity contribution < 1.29 is 13.3 Å². The molecule has 1 N–H and O–H groups in total. The van der Waals surface area contributed by atoms with Gasteiger partial charge < -0.3 is 0 Å². The third-order valence-electron chi connectivity index (χ3n) is 3.06. The number of hydrogen-bond acceptors (Lipinski definition) is 6. The standard InChI is InChI=1S/C14H17N3O4S2/c1-9-12(14(2,3)4)22-13(15-9)16-23(20,21)11-7-5-10(6-8-11)17(18)19/h5-8H,1-4H3,(H,15,16). The number of thiazole rings is 1. The van der Waals surface area contributed by atoms with Gasteiger partial charge in [0.2, 0.25) is 0 Å². The van der Waals surface area contributed by atoms with Crippen LogP contribution in [0.1, 0.15) is 31.3 Å². The normalized spacial score (nSPS) is 12.2. The first-order chi connectivity index (χ1) is 10.5. The lowest BCUT2D eigenvalue weighted by molar-refractivity contribution is -0.384. The van der Waals surface area contributed by atoms with E-state index in [1.165, 1.54) is 23.5 Å². The maximum atomic E-state index is 12.3. The molecule has 2 aromatic rings. The number of rotatable bonds is 4. The highest BCUT2D eigenvalue weighted by atomic mass is 32.2. The van der Waals surface area contributed by atoms with E-state index in [0.717, 1.165) is 22.7 Å². The number of nitro groups is 1. The van der Waals surface area contributed by atoms with E-state index in [4.69, 9.17) is 0 Å². The molecule has 0 radical (unpaired) electrons. The van der Waals surface area contributed by atoms with Gasteiger partial charge in [-0.1, -0.05) is 20.8 Å². The van der Waals surface area contributed by atoms with Crippen LogP contribution in [-0.4, -0.2) is 18.3 Å². The molecule has 1 aromatic carbocycles. The molecule has 23 heavy (non-hydrogen) atoms. The van der Waals surface area contributed by atoms with Crippen molar-refractivity contribution in [1.82, 2.24) is 4.98 Å². The number of nitrogens with zero attached hydrogens (tertiary/aromatic N) is 2. The molecule has 2 rings (SSSR count). The topological polar surface area (TPSA) is 102 Å². The highest BCUT2D eigenvalue weighted by molar-refractivity contribution is 7.93. The van der Waals surface area contributed by atoms with Crippen LogP contribution in [0.15, 0.2) is 29.2 Å². The lowest BCUT2D eigenvalue weighted by atomic mass is 9.94. The lowest BCUT2D eigenvalue weighted by Crippen LogP contribution is -2.12. The van der Waals surface area contributed by atoms with Gasteiger partial charge in [0.25, 0.3) is 15.7 Å². The molecule has 0 fully saturated rings. The van der Waals surface area contributed by atoms with Crippen LogP contribution in [0.5, 0.6) is 0 Å². The zero-order chi connectivity index (χ0) is 17.4. The Balaban J connectivity index is 2.30. The number of aryl methyl sites for hydroxylation is 1. The Kier molecular flexibility index (Phi) is 4.45. The predicted octanol–water partition coefficient (Wildman–Crippen LogP) is 3.46. The van der Waals surface area contributed by atoms with Gasteiger partial charge >= 0.3 is 0 Å². The van der Waals surface area contributed by atoms with Crippen LogP contribution in [0.3, 0.4) is 0 Å². The number of anilines is 1. The third kappa shape index (κ3) is 3.85. The molecule has 0 bridgehead atoms. The minimum atomic E-state index is -3.83. The summed E-state index contributed by atoms with van der Waals surface area (Å²) in [5.74, 6) is 0. The molecular formula is C14H17N3O4S2. The minimum Gasteiger partial charge on any atom is -0.258 e. The Hall–Kier alpha value is -2.00. The Morgan fingerprint density at radius 2 is 1.78 bits per heavy atom. The summed E-state index contributed by atoms with van der Waals surface area (Å²) in [5.41, 5.74) is 0.492. The fourth-order valence-electron chi connectivity index (χ4n) is 2.06. The van der Waals surface area contributed by atoms with E-state index >= 15 is 0 Å². The predicted molar refractivity (Wildman–Crippen MR) is 89.5 cm³/mol. The van der Waals surface area contributed by atoms with E-state index in [1.54, 1.807) is 0 Å². The molecule has 0 unspecified atom stereocenters. The fourth-order valence-corrected chi connectivity index (χ4v) is 4.32. The molecule has 9 heteroatoms. The van der Waals surface area contributed by atoms with Crippen LogP contribution in [0.2, 0.25) is 0 Å². The minimum absolute atomic E-state index is 0.0479. The second-order valence-corrected chi connectivity index (χ2v) is 8.72. The molecule has 0 aliphatic rings. The Morgan fingerprint density at radius 3 is 2.22 bits per heavy atom. The molecule has 1 aromatic heterocycles. The average Bonchev–Trinajstić information content (AvgIpc) is 2.79. The summed E-state index contributed by atoms with van der Waals surface area (Å²) >= 11 is 1.29. The zero-order valence-electron chi connectivity index (χ0n) is 13.2.